The predicted molar refractivity (Wildman–Crippen MR) is 80.6 cm³/mol. The average Bonchev–Trinajstić information content (AvgIpc) is 2.98. The van der Waals surface area contributed by atoms with Crippen LogP contribution in [-0.4, -0.2) is 10.9 Å². The normalized spacial score (nSPS) is 10.5. The molecular weight excluding hydrogens is 264 g/mol. The quantitative estimate of drug-likeness (QED) is 0.798. The lowest BCUT2D eigenvalue weighted by Gasteiger charge is -1.99. The lowest BCUT2D eigenvalue weighted by Crippen LogP contribution is -2.10. The fraction of sp³-hybridized carbons (Fsp3) is 0.0588. The molecular formula is C17H14N2O2. The number of carbonyl (C=O) groups excluding carboxylic acids is 1. The lowest BCUT2D eigenvalue weighted by molar-refractivity contribution is 0.100. The van der Waals surface area contributed by atoms with Gasteiger partial charge in [0.2, 0.25) is 11.8 Å². The first-order valence-corrected chi connectivity index (χ1v) is 6.56. The maximum Gasteiger partial charge on any atom is 0.248 e. The maximum atomic E-state index is 11.0. The second-order valence-electron chi connectivity index (χ2n) is 4.84. The fourth-order valence-corrected chi connectivity index (χ4v) is 2.04. The highest BCUT2D eigenvalue weighted by Gasteiger charge is 2.09. The molecule has 0 radical (unpaired) electrons. The summed E-state index contributed by atoms with van der Waals surface area (Å²) in [6.45, 7) is 2.04. The Hall–Kier alpha value is -2.88. The molecule has 0 saturated carbocycles. The Bertz CT molecular complexity index is 771. The Morgan fingerprint density at radius 3 is 2.24 bits per heavy atom. The van der Waals surface area contributed by atoms with E-state index in [2.05, 4.69) is 4.98 Å². The lowest BCUT2D eigenvalue weighted by atomic mass is 10.1. The van der Waals surface area contributed by atoms with Crippen LogP contribution in [0.25, 0.3) is 22.8 Å². The Balaban J connectivity index is 1.90. The van der Waals surface area contributed by atoms with Gasteiger partial charge in [0.1, 0.15) is 0 Å². The van der Waals surface area contributed by atoms with Gasteiger partial charge < -0.3 is 10.2 Å². The first-order chi connectivity index (χ1) is 10.1. The summed E-state index contributed by atoms with van der Waals surface area (Å²) < 4.78 is 5.77. The molecule has 104 valence electrons. The first kappa shape index (κ1) is 13.1. The molecule has 3 rings (SSSR count). The number of nitrogens with two attached hydrogens (primary N) is 1. The van der Waals surface area contributed by atoms with Crippen molar-refractivity contribution in [3.8, 4) is 22.8 Å². The molecule has 0 fully saturated rings. The number of hydrogen-bond acceptors (Lipinski definition) is 3. The summed E-state index contributed by atoms with van der Waals surface area (Å²) in [4.78, 5) is 15.3. The molecule has 4 heteroatoms. The maximum absolute atomic E-state index is 11.0. The Labute approximate surface area is 122 Å². The second kappa shape index (κ2) is 5.25. The van der Waals surface area contributed by atoms with Crippen molar-refractivity contribution in [1.82, 2.24) is 4.98 Å². The van der Waals surface area contributed by atoms with Crippen LogP contribution in [0.1, 0.15) is 15.9 Å². The monoisotopic (exact) mass is 278 g/mol. The third-order valence-electron chi connectivity index (χ3n) is 3.26. The number of nitrogens with zero attached hydrogens (tertiary/aromatic N) is 1. The van der Waals surface area contributed by atoms with Crippen molar-refractivity contribution < 1.29 is 9.21 Å². The van der Waals surface area contributed by atoms with Crippen LogP contribution in [0.4, 0.5) is 0 Å². The third kappa shape index (κ3) is 2.69. The molecule has 2 aromatic carbocycles. The van der Waals surface area contributed by atoms with Crippen LogP contribution in [0.15, 0.2) is 59.1 Å². The fourth-order valence-electron chi connectivity index (χ4n) is 2.04. The molecule has 0 spiro atoms. The molecule has 3 aromatic rings. The van der Waals surface area contributed by atoms with Crippen molar-refractivity contribution in [2.45, 2.75) is 6.92 Å². The van der Waals surface area contributed by atoms with E-state index in [1.165, 1.54) is 5.56 Å². The summed E-state index contributed by atoms with van der Waals surface area (Å²) in [6.07, 6.45) is 1.70. The zero-order valence-electron chi connectivity index (χ0n) is 11.5. The van der Waals surface area contributed by atoms with E-state index >= 15 is 0 Å². The number of rotatable bonds is 3. The van der Waals surface area contributed by atoms with E-state index in [9.17, 15) is 4.79 Å². The first-order valence-electron chi connectivity index (χ1n) is 6.56. The molecule has 21 heavy (non-hydrogen) atoms. The molecule has 0 unspecified atom stereocenters. The molecule has 0 aliphatic carbocycles. The highest BCUT2D eigenvalue weighted by atomic mass is 16.4. The van der Waals surface area contributed by atoms with Crippen LogP contribution in [0.5, 0.6) is 0 Å². The number of aryl methyl sites for hydroxylation is 1. The van der Waals surface area contributed by atoms with E-state index in [0.717, 1.165) is 11.1 Å². The van der Waals surface area contributed by atoms with E-state index in [0.29, 0.717) is 17.2 Å². The number of hydrogen-bond donors (Lipinski definition) is 1. The van der Waals surface area contributed by atoms with Gasteiger partial charge in [0.25, 0.3) is 0 Å². The number of amides is 1. The Morgan fingerprint density at radius 2 is 1.62 bits per heavy atom. The van der Waals surface area contributed by atoms with E-state index in [-0.39, 0.29) is 0 Å². The van der Waals surface area contributed by atoms with Crippen molar-refractivity contribution in [2.75, 3.05) is 0 Å². The average molecular weight is 278 g/mol. The number of carbonyl (C=O) groups is 1. The molecule has 0 aliphatic heterocycles. The van der Waals surface area contributed by atoms with Crippen LogP contribution >= 0.6 is 0 Å². The summed E-state index contributed by atoms with van der Waals surface area (Å²) in [5.41, 5.74) is 8.66. The minimum Gasteiger partial charge on any atom is -0.436 e. The van der Waals surface area contributed by atoms with Crippen molar-refractivity contribution in [2.24, 2.45) is 5.73 Å². The molecule has 2 N–H and O–H groups in total. The number of aromatic nitrogens is 1. The summed E-state index contributed by atoms with van der Waals surface area (Å²) in [5, 5.41) is 0. The van der Waals surface area contributed by atoms with Gasteiger partial charge in [0.15, 0.2) is 5.76 Å². The van der Waals surface area contributed by atoms with Crippen molar-refractivity contribution in [3.63, 3.8) is 0 Å². The van der Waals surface area contributed by atoms with E-state index < -0.39 is 5.91 Å². The molecule has 1 aromatic heterocycles. The zero-order chi connectivity index (χ0) is 14.8. The summed E-state index contributed by atoms with van der Waals surface area (Å²) in [5.74, 6) is 0.778. The molecule has 0 atom stereocenters. The van der Waals surface area contributed by atoms with Gasteiger partial charge in [-0.25, -0.2) is 4.98 Å². The van der Waals surface area contributed by atoms with Gasteiger partial charge in [-0.3, -0.25) is 4.79 Å². The number of primary amides is 1. The second-order valence-corrected chi connectivity index (χ2v) is 4.84. The van der Waals surface area contributed by atoms with Crippen LogP contribution in [-0.2, 0) is 0 Å². The van der Waals surface area contributed by atoms with Gasteiger partial charge in [-0.15, -0.1) is 0 Å². The Morgan fingerprint density at radius 1 is 1.00 bits per heavy atom. The minimum atomic E-state index is -0.450. The van der Waals surface area contributed by atoms with Gasteiger partial charge >= 0.3 is 0 Å². The SMILES string of the molecule is Cc1ccc(-c2cnc(-c3ccc(C(N)=O)cc3)o2)cc1. The minimum absolute atomic E-state index is 0.450. The van der Waals surface area contributed by atoms with Gasteiger partial charge in [0, 0.05) is 16.7 Å². The Kier molecular flexibility index (Phi) is 3.28. The smallest absolute Gasteiger partial charge is 0.248 e. The van der Waals surface area contributed by atoms with E-state index in [4.69, 9.17) is 10.2 Å². The third-order valence-corrected chi connectivity index (χ3v) is 3.26. The molecule has 1 heterocycles. The van der Waals surface area contributed by atoms with Gasteiger partial charge in [-0.05, 0) is 31.2 Å². The zero-order valence-corrected chi connectivity index (χ0v) is 11.5. The number of benzene rings is 2. The van der Waals surface area contributed by atoms with Crippen LogP contribution < -0.4 is 5.73 Å². The molecule has 0 aliphatic rings. The van der Waals surface area contributed by atoms with Crippen LogP contribution in [0.2, 0.25) is 0 Å². The van der Waals surface area contributed by atoms with Gasteiger partial charge in [0.05, 0.1) is 6.20 Å². The topological polar surface area (TPSA) is 69.1 Å². The van der Waals surface area contributed by atoms with Gasteiger partial charge in [-0.2, -0.15) is 0 Å². The summed E-state index contributed by atoms with van der Waals surface area (Å²) >= 11 is 0. The number of oxazole rings is 1. The molecule has 0 bridgehead atoms. The summed E-state index contributed by atoms with van der Waals surface area (Å²) in [7, 11) is 0. The highest BCUT2D eigenvalue weighted by molar-refractivity contribution is 5.93. The summed E-state index contributed by atoms with van der Waals surface area (Å²) in [6, 6.07) is 14.9. The van der Waals surface area contributed by atoms with Gasteiger partial charge in [-0.1, -0.05) is 29.8 Å². The van der Waals surface area contributed by atoms with E-state index in [1.807, 2.05) is 31.2 Å². The van der Waals surface area contributed by atoms with Crippen molar-refractivity contribution in [1.29, 1.82) is 0 Å². The molecule has 1 amide bonds. The molecule has 0 saturated heterocycles. The predicted octanol–water partition coefficient (Wildman–Crippen LogP) is 3.42. The van der Waals surface area contributed by atoms with Crippen molar-refractivity contribution >= 4 is 5.91 Å². The van der Waals surface area contributed by atoms with Crippen LogP contribution in [0, 0.1) is 6.92 Å². The van der Waals surface area contributed by atoms with Crippen LogP contribution in [0.3, 0.4) is 0 Å². The highest BCUT2D eigenvalue weighted by Crippen LogP contribution is 2.26. The standard InChI is InChI=1S/C17H14N2O2/c1-11-2-4-12(5-3-11)15-10-19-17(21-15)14-8-6-13(7-9-14)16(18)20/h2-10H,1H3,(H2,18,20). The molecule has 4 nitrogen and oxygen atoms in total. The van der Waals surface area contributed by atoms with Crippen molar-refractivity contribution in [3.05, 3.63) is 65.9 Å². The largest absolute Gasteiger partial charge is 0.436 e. The van der Waals surface area contributed by atoms with E-state index in [1.54, 1.807) is 30.5 Å².